The first-order chi connectivity index (χ1) is 14.0. The van der Waals surface area contributed by atoms with Gasteiger partial charge in [0.2, 0.25) is 5.91 Å². The highest BCUT2D eigenvalue weighted by molar-refractivity contribution is 6.31. The highest BCUT2D eigenvalue weighted by Crippen LogP contribution is 2.31. The molecule has 3 rings (SSSR count). The maximum atomic E-state index is 13.0. The first kappa shape index (κ1) is 21.0. The van der Waals surface area contributed by atoms with Gasteiger partial charge in [0.25, 0.3) is 0 Å². The minimum Gasteiger partial charge on any atom is -0.486 e. The molecule has 6 nitrogen and oxygen atoms in total. The van der Waals surface area contributed by atoms with E-state index in [1.165, 1.54) is 0 Å². The van der Waals surface area contributed by atoms with Gasteiger partial charge in [-0.05, 0) is 55.4 Å². The van der Waals surface area contributed by atoms with Crippen LogP contribution in [-0.4, -0.2) is 44.2 Å². The molecule has 0 bridgehead atoms. The monoisotopic (exact) mass is 413 g/mol. The molecule has 0 radical (unpaired) electrons. The third kappa shape index (κ3) is 5.41. The molecule has 0 atom stereocenters. The van der Waals surface area contributed by atoms with Crippen LogP contribution < -0.4 is 14.4 Å². The molecule has 2 aromatic carbocycles. The molecule has 0 aromatic heterocycles. The van der Waals surface area contributed by atoms with E-state index in [1.807, 2.05) is 49.2 Å². The maximum Gasteiger partial charge on any atom is 0.241 e. The van der Waals surface area contributed by atoms with E-state index in [0.29, 0.717) is 31.3 Å². The van der Waals surface area contributed by atoms with Crippen molar-refractivity contribution in [3.8, 4) is 17.6 Å². The first-order valence-electron chi connectivity index (χ1n) is 9.48. The smallest absolute Gasteiger partial charge is 0.241 e. The Morgan fingerprint density at radius 1 is 1.17 bits per heavy atom. The number of rotatable bonds is 7. The Labute approximate surface area is 176 Å². The molecule has 0 unspecified atom stereocenters. The number of hydrogen-bond acceptors (Lipinski definition) is 5. The number of amides is 1. The van der Waals surface area contributed by atoms with Gasteiger partial charge in [0, 0.05) is 23.8 Å². The molecule has 7 heteroatoms. The van der Waals surface area contributed by atoms with Crippen LogP contribution in [0.1, 0.15) is 17.5 Å². The van der Waals surface area contributed by atoms with Gasteiger partial charge in [0.15, 0.2) is 11.5 Å². The Kier molecular flexibility index (Phi) is 6.97. The number of hydrogen-bond donors (Lipinski definition) is 0. The van der Waals surface area contributed by atoms with Gasteiger partial charge in [-0.2, -0.15) is 5.26 Å². The zero-order valence-corrected chi connectivity index (χ0v) is 17.4. The van der Waals surface area contributed by atoms with E-state index in [1.54, 1.807) is 11.0 Å². The van der Waals surface area contributed by atoms with Crippen LogP contribution in [0.4, 0.5) is 5.69 Å². The molecule has 0 aliphatic carbocycles. The molecule has 1 aliphatic rings. The van der Waals surface area contributed by atoms with E-state index >= 15 is 0 Å². The first-order valence-corrected chi connectivity index (χ1v) is 9.86. The van der Waals surface area contributed by atoms with Crippen LogP contribution in [0, 0.1) is 18.3 Å². The summed E-state index contributed by atoms with van der Waals surface area (Å²) in [7, 11) is 1.89. The second kappa shape index (κ2) is 9.64. The van der Waals surface area contributed by atoms with E-state index in [4.69, 9.17) is 26.3 Å². The average molecular weight is 414 g/mol. The normalized spacial score (nSPS) is 12.5. The van der Waals surface area contributed by atoms with Gasteiger partial charge >= 0.3 is 0 Å². The summed E-state index contributed by atoms with van der Waals surface area (Å²) >= 11 is 6.11. The number of anilines is 1. The summed E-state index contributed by atoms with van der Waals surface area (Å²) < 4.78 is 11.2. The van der Waals surface area contributed by atoms with Crippen LogP contribution in [0.2, 0.25) is 5.02 Å². The SMILES string of the molecule is Cc1cc(N(CCC#N)C(=O)CN(C)Cc2ccc3c(c2)OCCO3)ccc1Cl. The van der Waals surface area contributed by atoms with Crippen molar-refractivity contribution in [1.29, 1.82) is 5.26 Å². The Hall–Kier alpha value is -2.75. The molecule has 0 N–H and O–H groups in total. The highest BCUT2D eigenvalue weighted by Gasteiger charge is 2.19. The van der Waals surface area contributed by atoms with Crippen LogP contribution in [0.3, 0.4) is 0 Å². The zero-order chi connectivity index (χ0) is 20.8. The summed E-state index contributed by atoms with van der Waals surface area (Å²) in [4.78, 5) is 16.6. The zero-order valence-electron chi connectivity index (χ0n) is 16.7. The number of nitriles is 1. The molecular formula is C22H24ClN3O3. The number of likely N-dealkylation sites (N-methyl/N-ethyl adjacent to an activating group) is 1. The van der Waals surface area contributed by atoms with Gasteiger partial charge in [-0.25, -0.2) is 0 Å². The Morgan fingerprint density at radius 3 is 2.66 bits per heavy atom. The standard InChI is InChI=1S/C22H24ClN3O3/c1-16-12-18(5-6-19(16)23)26(9-3-8-24)22(27)15-25(2)14-17-4-7-20-21(13-17)29-11-10-28-20/h4-7,12-13H,3,9-11,14-15H2,1-2H3. The second-order valence-electron chi connectivity index (χ2n) is 7.04. The molecule has 1 amide bonds. The average Bonchev–Trinajstić information content (AvgIpc) is 2.70. The van der Waals surface area contributed by atoms with Gasteiger partial charge in [-0.1, -0.05) is 17.7 Å². The van der Waals surface area contributed by atoms with E-state index < -0.39 is 0 Å². The predicted octanol–water partition coefficient (Wildman–Crippen LogP) is 3.80. The molecule has 0 saturated carbocycles. The summed E-state index contributed by atoms with van der Waals surface area (Å²) in [6.45, 7) is 4.15. The fourth-order valence-corrected chi connectivity index (χ4v) is 3.34. The van der Waals surface area contributed by atoms with Crippen LogP contribution in [0.25, 0.3) is 0 Å². The molecule has 152 valence electrons. The Balaban J connectivity index is 1.68. The van der Waals surface area contributed by atoms with Gasteiger partial charge in [0.1, 0.15) is 13.2 Å². The lowest BCUT2D eigenvalue weighted by molar-refractivity contribution is -0.119. The Morgan fingerprint density at radius 2 is 1.93 bits per heavy atom. The molecule has 29 heavy (non-hydrogen) atoms. The molecular weight excluding hydrogens is 390 g/mol. The van der Waals surface area contributed by atoms with E-state index in [-0.39, 0.29) is 18.9 Å². The van der Waals surface area contributed by atoms with Gasteiger partial charge < -0.3 is 14.4 Å². The minimum atomic E-state index is -0.0676. The number of halogens is 1. The summed E-state index contributed by atoms with van der Waals surface area (Å²) in [5.74, 6) is 1.42. The van der Waals surface area contributed by atoms with E-state index in [2.05, 4.69) is 6.07 Å². The third-order valence-corrected chi connectivity index (χ3v) is 5.09. The maximum absolute atomic E-state index is 13.0. The summed E-state index contributed by atoms with van der Waals surface area (Å²) in [5.41, 5.74) is 2.68. The third-order valence-electron chi connectivity index (χ3n) is 4.67. The fourth-order valence-electron chi connectivity index (χ4n) is 3.23. The van der Waals surface area contributed by atoms with Gasteiger partial charge in [-0.3, -0.25) is 9.69 Å². The van der Waals surface area contributed by atoms with Crippen LogP contribution in [0.15, 0.2) is 36.4 Å². The van der Waals surface area contributed by atoms with Gasteiger partial charge in [0.05, 0.1) is 19.0 Å². The number of carbonyl (C=O) groups is 1. The van der Waals surface area contributed by atoms with Crippen LogP contribution in [0.5, 0.6) is 11.5 Å². The lowest BCUT2D eigenvalue weighted by atomic mass is 10.1. The number of benzene rings is 2. The van der Waals surface area contributed by atoms with E-state index in [9.17, 15) is 4.79 Å². The number of nitrogens with zero attached hydrogens (tertiary/aromatic N) is 3. The van der Waals surface area contributed by atoms with E-state index in [0.717, 1.165) is 28.3 Å². The molecule has 0 fully saturated rings. The number of carbonyl (C=O) groups excluding carboxylic acids is 1. The van der Waals surface area contributed by atoms with Crippen LogP contribution in [-0.2, 0) is 11.3 Å². The number of ether oxygens (including phenoxy) is 2. The van der Waals surface area contributed by atoms with Crippen molar-refractivity contribution in [1.82, 2.24) is 4.90 Å². The van der Waals surface area contributed by atoms with Gasteiger partial charge in [-0.15, -0.1) is 0 Å². The number of fused-ring (bicyclic) bond motifs is 1. The minimum absolute atomic E-state index is 0.0676. The van der Waals surface area contributed by atoms with Crippen molar-refractivity contribution >= 4 is 23.2 Å². The highest BCUT2D eigenvalue weighted by atomic mass is 35.5. The lowest BCUT2D eigenvalue weighted by Gasteiger charge is -2.26. The molecule has 1 heterocycles. The van der Waals surface area contributed by atoms with Crippen molar-refractivity contribution < 1.29 is 14.3 Å². The molecule has 1 aliphatic heterocycles. The molecule has 2 aromatic rings. The lowest BCUT2D eigenvalue weighted by Crippen LogP contribution is -2.39. The topological polar surface area (TPSA) is 65.8 Å². The second-order valence-corrected chi connectivity index (χ2v) is 7.44. The van der Waals surface area contributed by atoms with Crippen molar-refractivity contribution in [2.24, 2.45) is 0 Å². The largest absolute Gasteiger partial charge is 0.486 e. The molecule has 0 spiro atoms. The van der Waals surface area contributed by atoms with Crippen molar-refractivity contribution in [3.63, 3.8) is 0 Å². The summed E-state index contributed by atoms with van der Waals surface area (Å²) in [6.07, 6.45) is 0.263. The van der Waals surface area contributed by atoms with Crippen molar-refractivity contribution in [3.05, 3.63) is 52.5 Å². The number of aryl methyl sites for hydroxylation is 1. The fraction of sp³-hybridized carbons (Fsp3) is 0.364. The summed E-state index contributed by atoms with van der Waals surface area (Å²) in [6, 6.07) is 13.4. The molecule has 0 saturated heterocycles. The quantitative estimate of drug-likeness (QED) is 0.690. The van der Waals surface area contributed by atoms with Crippen LogP contribution >= 0.6 is 11.6 Å². The summed E-state index contributed by atoms with van der Waals surface area (Å²) in [5, 5.41) is 9.62. The Bertz CT molecular complexity index is 926. The van der Waals surface area contributed by atoms with Crippen molar-refractivity contribution in [2.75, 3.05) is 38.3 Å². The van der Waals surface area contributed by atoms with Crippen molar-refractivity contribution in [2.45, 2.75) is 19.9 Å². The predicted molar refractivity (Wildman–Crippen MR) is 113 cm³/mol.